The Morgan fingerprint density at radius 3 is 2.41 bits per heavy atom. The van der Waals surface area contributed by atoms with Gasteiger partial charge in [0.2, 0.25) is 5.65 Å². The zero-order valence-corrected chi connectivity index (χ0v) is 15.5. The molecule has 142 valence electrons. The van der Waals surface area contributed by atoms with Crippen molar-refractivity contribution >= 4 is 37.2 Å². The van der Waals surface area contributed by atoms with Gasteiger partial charge in [-0.1, -0.05) is 18.2 Å². The van der Waals surface area contributed by atoms with E-state index in [2.05, 4.69) is 20.9 Å². The molecule has 0 aliphatic rings. The molecule has 27 heavy (non-hydrogen) atoms. The van der Waals surface area contributed by atoms with E-state index in [1.54, 1.807) is 6.07 Å². The summed E-state index contributed by atoms with van der Waals surface area (Å²) in [6, 6.07) is 7.92. The van der Waals surface area contributed by atoms with E-state index in [0.29, 0.717) is 10.6 Å². The molecule has 3 rings (SSSR count). The minimum Gasteiger partial charge on any atom is -0.358 e. The second-order valence-electron chi connectivity index (χ2n) is 5.48. The number of rotatable bonds is 4. The van der Waals surface area contributed by atoms with Crippen LogP contribution in [0.25, 0.3) is 5.65 Å². The van der Waals surface area contributed by atoms with Gasteiger partial charge < -0.3 is 10.1 Å². The van der Waals surface area contributed by atoms with Gasteiger partial charge in [-0.2, -0.15) is 17.6 Å². The summed E-state index contributed by atoms with van der Waals surface area (Å²) in [6.07, 6.45) is -4.23. The fourth-order valence-corrected chi connectivity index (χ4v) is 4.29. The number of hydrogen-bond acceptors (Lipinski definition) is 5. The maximum atomic E-state index is 13.0. The topological polar surface area (TPSA) is 94.6 Å². The highest BCUT2D eigenvalue weighted by atomic mass is 79.9. The summed E-state index contributed by atoms with van der Waals surface area (Å²) in [5, 5.41) is 11.4. The van der Waals surface area contributed by atoms with Crippen LogP contribution in [0.1, 0.15) is 11.3 Å². The van der Waals surface area contributed by atoms with Crippen molar-refractivity contribution in [2.24, 2.45) is 0 Å². The normalized spacial score (nSPS) is 12.4. The Bertz CT molecular complexity index is 1140. The van der Waals surface area contributed by atoms with Crippen LogP contribution in [-0.4, -0.2) is 22.7 Å². The van der Waals surface area contributed by atoms with E-state index >= 15 is 0 Å². The van der Waals surface area contributed by atoms with Crippen LogP contribution in [-0.2, 0) is 21.8 Å². The molecule has 0 saturated carbocycles. The van der Waals surface area contributed by atoms with Crippen LogP contribution in [0.5, 0.6) is 0 Å². The second-order valence-corrected chi connectivity index (χ2v) is 8.32. The van der Waals surface area contributed by atoms with Crippen LogP contribution in [0, 0.1) is 10.1 Å². The summed E-state index contributed by atoms with van der Waals surface area (Å²) >= 11 is 2.91. The molecule has 0 atom stereocenters. The van der Waals surface area contributed by atoms with Crippen LogP contribution < -0.4 is 0 Å². The highest BCUT2D eigenvalue weighted by Crippen LogP contribution is 2.35. The molecule has 1 aromatic carbocycles. The SMILES string of the molecule is O=[N+]([O-])c1c(CS(=O)(=O)c2ccccc2)nc2c(Br)cc(C(F)(F)F)cn12. The third kappa shape index (κ3) is 3.67. The number of imidazole rings is 1. The quantitative estimate of drug-likeness (QED) is 0.430. The fraction of sp³-hybridized carbons (Fsp3) is 0.133. The lowest BCUT2D eigenvalue weighted by Gasteiger charge is -2.06. The Hall–Kier alpha value is -2.47. The third-order valence-corrected chi connectivity index (χ3v) is 5.88. The molecular formula is C15H9BrF3N3O4S. The predicted octanol–water partition coefficient (Wildman–Crippen LogP) is 4.00. The minimum absolute atomic E-state index is 0.0774. The van der Waals surface area contributed by atoms with Crippen LogP contribution in [0.15, 0.2) is 52.0 Å². The molecule has 0 radical (unpaired) electrons. The first-order valence-electron chi connectivity index (χ1n) is 7.20. The Morgan fingerprint density at radius 2 is 1.85 bits per heavy atom. The standard InChI is InChI=1S/C15H9BrF3N3O4S/c16-11-6-9(15(17,18)19)7-21-13(11)20-12(14(21)22(23)24)8-27(25,26)10-4-2-1-3-5-10/h1-7H,8H2. The molecular weight excluding hydrogens is 455 g/mol. The number of sulfone groups is 1. The first kappa shape index (κ1) is 19.3. The van der Waals surface area contributed by atoms with Gasteiger partial charge in [0.25, 0.3) is 0 Å². The molecule has 2 heterocycles. The molecule has 0 unspecified atom stereocenters. The van der Waals surface area contributed by atoms with Crippen molar-refractivity contribution in [2.75, 3.05) is 0 Å². The molecule has 0 saturated heterocycles. The number of fused-ring (bicyclic) bond motifs is 1. The lowest BCUT2D eigenvalue weighted by molar-refractivity contribution is -0.391. The smallest absolute Gasteiger partial charge is 0.358 e. The number of alkyl halides is 3. The minimum atomic E-state index is -4.74. The molecule has 3 aromatic rings. The van der Waals surface area contributed by atoms with E-state index in [-0.39, 0.29) is 15.0 Å². The van der Waals surface area contributed by atoms with E-state index in [1.807, 2.05) is 0 Å². The van der Waals surface area contributed by atoms with Gasteiger partial charge >= 0.3 is 12.0 Å². The fourth-order valence-electron chi connectivity index (χ4n) is 2.48. The van der Waals surface area contributed by atoms with Crippen LogP contribution >= 0.6 is 15.9 Å². The Balaban J connectivity index is 2.21. The Kier molecular flexibility index (Phi) is 4.72. The lowest BCUT2D eigenvalue weighted by atomic mass is 10.3. The van der Waals surface area contributed by atoms with Crippen molar-refractivity contribution in [3.8, 4) is 0 Å². The Morgan fingerprint density at radius 1 is 1.22 bits per heavy atom. The summed E-state index contributed by atoms with van der Waals surface area (Å²) in [5.74, 6) is -1.67. The molecule has 7 nitrogen and oxygen atoms in total. The molecule has 0 N–H and O–H groups in total. The largest absolute Gasteiger partial charge is 0.419 e. The number of nitro groups is 1. The second kappa shape index (κ2) is 6.60. The molecule has 0 aliphatic heterocycles. The summed E-state index contributed by atoms with van der Waals surface area (Å²) < 4.78 is 64.5. The van der Waals surface area contributed by atoms with Gasteiger partial charge in [-0.05, 0) is 39.1 Å². The van der Waals surface area contributed by atoms with Gasteiger partial charge in [0.05, 0.1) is 14.9 Å². The number of pyridine rings is 1. The lowest BCUT2D eigenvalue weighted by Crippen LogP contribution is -2.09. The molecule has 12 heteroatoms. The van der Waals surface area contributed by atoms with Gasteiger partial charge in [0, 0.05) is 0 Å². The van der Waals surface area contributed by atoms with Crippen LogP contribution in [0.2, 0.25) is 0 Å². The molecule has 0 fully saturated rings. The summed E-state index contributed by atoms with van der Waals surface area (Å²) in [7, 11) is -3.99. The summed E-state index contributed by atoms with van der Waals surface area (Å²) in [6.45, 7) is 0. The van der Waals surface area contributed by atoms with Crippen molar-refractivity contribution in [3.63, 3.8) is 0 Å². The first-order valence-corrected chi connectivity index (χ1v) is 9.65. The van der Waals surface area contributed by atoms with E-state index < -0.39 is 43.8 Å². The zero-order valence-electron chi connectivity index (χ0n) is 13.1. The molecule has 0 amide bonds. The highest BCUT2D eigenvalue weighted by molar-refractivity contribution is 9.10. The van der Waals surface area contributed by atoms with Crippen LogP contribution in [0.4, 0.5) is 19.0 Å². The molecule has 0 aliphatic carbocycles. The summed E-state index contributed by atoms with van der Waals surface area (Å²) in [5.41, 5.74) is -1.78. The Labute approximate surface area is 158 Å². The van der Waals surface area contributed by atoms with Gasteiger partial charge in [-0.15, -0.1) is 0 Å². The maximum absolute atomic E-state index is 13.0. The van der Waals surface area contributed by atoms with Gasteiger partial charge in [0.1, 0.15) is 11.9 Å². The van der Waals surface area contributed by atoms with Crippen molar-refractivity contribution in [1.29, 1.82) is 0 Å². The van der Waals surface area contributed by atoms with E-state index in [9.17, 15) is 31.7 Å². The summed E-state index contributed by atoms with van der Waals surface area (Å²) in [4.78, 5) is 14.3. The number of halogens is 4. The maximum Gasteiger partial charge on any atom is 0.419 e. The van der Waals surface area contributed by atoms with E-state index in [4.69, 9.17) is 0 Å². The molecule has 2 aromatic heterocycles. The van der Waals surface area contributed by atoms with Crippen molar-refractivity contribution in [3.05, 3.63) is 68.4 Å². The van der Waals surface area contributed by atoms with Crippen molar-refractivity contribution in [2.45, 2.75) is 16.8 Å². The first-order chi connectivity index (χ1) is 12.5. The average Bonchev–Trinajstić information content (AvgIpc) is 2.93. The highest BCUT2D eigenvalue weighted by Gasteiger charge is 2.36. The van der Waals surface area contributed by atoms with Gasteiger partial charge in [0.15, 0.2) is 15.5 Å². The van der Waals surface area contributed by atoms with Gasteiger partial charge in [-0.25, -0.2) is 13.4 Å². The third-order valence-electron chi connectivity index (χ3n) is 3.65. The number of benzene rings is 1. The van der Waals surface area contributed by atoms with Crippen molar-refractivity contribution < 1.29 is 26.5 Å². The van der Waals surface area contributed by atoms with Crippen LogP contribution in [0.3, 0.4) is 0 Å². The number of nitrogens with zero attached hydrogens (tertiary/aromatic N) is 3. The van der Waals surface area contributed by atoms with E-state index in [0.717, 1.165) is 6.07 Å². The predicted molar refractivity (Wildman–Crippen MR) is 91.9 cm³/mol. The monoisotopic (exact) mass is 463 g/mol. The zero-order chi connectivity index (χ0) is 20.0. The van der Waals surface area contributed by atoms with E-state index in [1.165, 1.54) is 24.3 Å². The van der Waals surface area contributed by atoms with Gasteiger partial charge in [-0.3, -0.25) is 0 Å². The average molecular weight is 464 g/mol. The number of hydrogen-bond donors (Lipinski definition) is 0. The molecule has 0 bridgehead atoms. The number of aromatic nitrogens is 2. The molecule has 0 spiro atoms. The van der Waals surface area contributed by atoms with Crippen molar-refractivity contribution in [1.82, 2.24) is 9.38 Å².